The Kier molecular flexibility index (Phi) is 4.08. The maximum absolute atomic E-state index is 12.2. The molecule has 1 rings (SSSR count). The lowest BCUT2D eigenvalue weighted by molar-refractivity contribution is -0.143. The van der Waals surface area contributed by atoms with E-state index in [4.69, 9.17) is 0 Å². The van der Waals surface area contributed by atoms with Gasteiger partial charge in [0.05, 0.1) is 12.8 Å². The maximum atomic E-state index is 12.2. The minimum atomic E-state index is -4.40. The molecule has 1 aromatic heterocycles. The van der Waals surface area contributed by atoms with Gasteiger partial charge in [0.15, 0.2) is 5.69 Å². The van der Waals surface area contributed by atoms with Gasteiger partial charge in [0, 0.05) is 0 Å². The Labute approximate surface area is 95.6 Å². The minimum Gasteiger partial charge on any atom is -0.464 e. The van der Waals surface area contributed by atoms with Crippen molar-refractivity contribution >= 4 is 5.97 Å². The van der Waals surface area contributed by atoms with Crippen molar-refractivity contribution < 1.29 is 22.7 Å². The van der Waals surface area contributed by atoms with Crippen molar-refractivity contribution in [1.29, 1.82) is 0 Å². The molecule has 0 N–H and O–H groups in total. The van der Waals surface area contributed by atoms with E-state index in [0.29, 0.717) is 11.1 Å². The van der Waals surface area contributed by atoms with Crippen molar-refractivity contribution in [1.82, 2.24) is 15.0 Å². The first-order valence-electron chi connectivity index (χ1n) is 4.96. The number of nitrogens with zero attached hydrogens (tertiary/aromatic N) is 3. The summed E-state index contributed by atoms with van der Waals surface area (Å²) >= 11 is 0. The predicted molar refractivity (Wildman–Crippen MR) is 51.4 cm³/mol. The number of esters is 1. The van der Waals surface area contributed by atoms with E-state index in [9.17, 15) is 18.0 Å². The fraction of sp³-hybridized carbons (Fsp3) is 0.667. The Morgan fingerprint density at radius 1 is 1.47 bits per heavy atom. The van der Waals surface area contributed by atoms with E-state index in [2.05, 4.69) is 15.0 Å². The van der Waals surface area contributed by atoms with Gasteiger partial charge in [-0.3, -0.25) is 0 Å². The van der Waals surface area contributed by atoms with Crippen LogP contribution in [-0.2, 0) is 17.7 Å². The number of alkyl halides is 3. The molecule has 0 aromatic carbocycles. The largest absolute Gasteiger partial charge is 0.464 e. The standard InChI is InChI=1S/C9H12F3N3O2/c1-3-4-6-7(8(16)17-2)13-14-15(6)5-9(10,11)12/h3-5H2,1-2H3. The number of hydrogen-bond acceptors (Lipinski definition) is 4. The third-order valence-corrected chi connectivity index (χ3v) is 2.03. The number of halogens is 3. The van der Waals surface area contributed by atoms with E-state index in [1.165, 1.54) is 0 Å². The molecule has 0 aliphatic heterocycles. The van der Waals surface area contributed by atoms with Crippen molar-refractivity contribution in [2.24, 2.45) is 0 Å². The fourth-order valence-electron chi connectivity index (χ4n) is 1.37. The fourth-order valence-corrected chi connectivity index (χ4v) is 1.37. The number of ether oxygens (including phenoxy) is 1. The molecule has 0 unspecified atom stereocenters. The van der Waals surface area contributed by atoms with Crippen LogP contribution in [0.1, 0.15) is 29.5 Å². The zero-order valence-corrected chi connectivity index (χ0v) is 9.41. The normalized spacial score (nSPS) is 11.6. The summed E-state index contributed by atoms with van der Waals surface area (Å²) in [6, 6.07) is 0. The smallest absolute Gasteiger partial charge is 0.408 e. The molecule has 0 radical (unpaired) electrons. The summed E-state index contributed by atoms with van der Waals surface area (Å²) in [5.41, 5.74) is -0.00438. The molecule has 5 nitrogen and oxygen atoms in total. The van der Waals surface area contributed by atoms with E-state index in [1.54, 1.807) is 6.92 Å². The van der Waals surface area contributed by atoms with Crippen LogP contribution in [0.25, 0.3) is 0 Å². The molecular formula is C9H12F3N3O2. The summed E-state index contributed by atoms with van der Waals surface area (Å²) < 4.78 is 41.9. The van der Waals surface area contributed by atoms with Crippen molar-refractivity contribution in [2.45, 2.75) is 32.5 Å². The predicted octanol–water partition coefficient (Wildman–Crippen LogP) is 1.58. The number of rotatable bonds is 4. The molecule has 1 aromatic rings. The number of hydrogen-bond donors (Lipinski definition) is 0. The Hall–Kier alpha value is -1.60. The highest BCUT2D eigenvalue weighted by Gasteiger charge is 2.31. The number of carbonyl (C=O) groups excluding carboxylic acids is 1. The molecule has 0 amide bonds. The first kappa shape index (κ1) is 13.5. The van der Waals surface area contributed by atoms with Crippen LogP contribution in [0.2, 0.25) is 0 Å². The molecule has 0 saturated heterocycles. The van der Waals surface area contributed by atoms with Gasteiger partial charge in [-0.25, -0.2) is 9.48 Å². The number of carbonyl (C=O) groups is 1. The van der Waals surface area contributed by atoms with Gasteiger partial charge >= 0.3 is 12.1 Å². The molecule has 96 valence electrons. The van der Waals surface area contributed by atoms with Gasteiger partial charge in [-0.15, -0.1) is 5.10 Å². The average Bonchev–Trinajstić information content (AvgIpc) is 2.59. The first-order valence-corrected chi connectivity index (χ1v) is 4.96. The van der Waals surface area contributed by atoms with E-state index in [1.807, 2.05) is 0 Å². The highest BCUT2D eigenvalue weighted by Crippen LogP contribution is 2.19. The SMILES string of the molecule is CCCc1c(C(=O)OC)nnn1CC(F)(F)F. The summed E-state index contributed by atoms with van der Waals surface area (Å²) in [6.07, 6.45) is -3.54. The van der Waals surface area contributed by atoms with Gasteiger partial charge < -0.3 is 4.74 Å². The van der Waals surface area contributed by atoms with Crippen LogP contribution in [0.4, 0.5) is 13.2 Å². The molecule has 0 atom stereocenters. The van der Waals surface area contributed by atoms with E-state index < -0.39 is 18.7 Å². The van der Waals surface area contributed by atoms with Gasteiger partial charge in [0.1, 0.15) is 6.54 Å². The van der Waals surface area contributed by atoms with Gasteiger partial charge in [0.25, 0.3) is 0 Å². The zero-order chi connectivity index (χ0) is 13.1. The number of aromatic nitrogens is 3. The molecule has 0 aliphatic carbocycles. The molecule has 0 fully saturated rings. The van der Waals surface area contributed by atoms with Crippen molar-refractivity contribution in [2.75, 3.05) is 7.11 Å². The van der Waals surface area contributed by atoms with Crippen LogP contribution in [0.3, 0.4) is 0 Å². The van der Waals surface area contributed by atoms with Crippen LogP contribution >= 0.6 is 0 Å². The third kappa shape index (κ3) is 3.43. The Morgan fingerprint density at radius 2 is 2.12 bits per heavy atom. The average molecular weight is 251 g/mol. The molecular weight excluding hydrogens is 239 g/mol. The highest BCUT2D eigenvalue weighted by atomic mass is 19.4. The number of methoxy groups -OCH3 is 1. The summed E-state index contributed by atoms with van der Waals surface area (Å²) in [5.74, 6) is -0.776. The Bertz CT molecular complexity index is 401. The summed E-state index contributed by atoms with van der Waals surface area (Å²) in [7, 11) is 1.14. The summed E-state index contributed by atoms with van der Waals surface area (Å²) in [4.78, 5) is 11.3. The minimum absolute atomic E-state index is 0.150. The lowest BCUT2D eigenvalue weighted by Crippen LogP contribution is -2.21. The van der Waals surface area contributed by atoms with Crippen LogP contribution in [0.5, 0.6) is 0 Å². The quantitative estimate of drug-likeness (QED) is 0.762. The molecule has 0 saturated carbocycles. The van der Waals surface area contributed by atoms with Gasteiger partial charge in [-0.05, 0) is 6.42 Å². The molecule has 1 heterocycles. The zero-order valence-electron chi connectivity index (χ0n) is 9.41. The maximum Gasteiger partial charge on any atom is 0.408 e. The molecule has 0 spiro atoms. The summed E-state index contributed by atoms with van der Waals surface area (Å²) in [5, 5.41) is 6.76. The van der Waals surface area contributed by atoms with Crippen LogP contribution in [-0.4, -0.2) is 34.2 Å². The van der Waals surface area contributed by atoms with E-state index in [-0.39, 0.29) is 17.8 Å². The van der Waals surface area contributed by atoms with Crippen molar-refractivity contribution in [3.63, 3.8) is 0 Å². The van der Waals surface area contributed by atoms with Gasteiger partial charge in [-0.1, -0.05) is 18.6 Å². The summed E-state index contributed by atoms with van der Waals surface area (Å²) in [6.45, 7) is 0.526. The second kappa shape index (κ2) is 5.15. The van der Waals surface area contributed by atoms with Crippen LogP contribution in [0, 0.1) is 0 Å². The lowest BCUT2D eigenvalue weighted by Gasteiger charge is -2.09. The van der Waals surface area contributed by atoms with E-state index >= 15 is 0 Å². The van der Waals surface area contributed by atoms with Gasteiger partial charge in [-0.2, -0.15) is 13.2 Å². The topological polar surface area (TPSA) is 57.0 Å². The van der Waals surface area contributed by atoms with Crippen LogP contribution < -0.4 is 0 Å². The highest BCUT2D eigenvalue weighted by molar-refractivity contribution is 5.88. The van der Waals surface area contributed by atoms with Crippen molar-refractivity contribution in [3.8, 4) is 0 Å². The molecule has 0 aliphatic rings. The second-order valence-corrected chi connectivity index (χ2v) is 3.40. The van der Waals surface area contributed by atoms with Crippen molar-refractivity contribution in [3.05, 3.63) is 11.4 Å². The third-order valence-electron chi connectivity index (χ3n) is 2.03. The van der Waals surface area contributed by atoms with Crippen LogP contribution in [0.15, 0.2) is 0 Å². The van der Waals surface area contributed by atoms with Gasteiger partial charge in [0.2, 0.25) is 0 Å². The Balaban J connectivity index is 3.06. The Morgan fingerprint density at radius 3 is 2.59 bits per heavy atom. The van der Waals surface area contributed by atoms with E-state index in [0.717, 1.165) is 7.11 Å². The lowest BCUT2D eigenvalue weighted by atomic mass is 10.2. The molecule has 17 heavy (non-hydrogen) atoms. The first-order chi connectivity index (χ1) is 7.89. The molecule has 8 heteroatoms. The second-order valence-electron chi connectivity index (χ2n) is 3.40. The monoisotopic (exact) mass is 251 g/mol. The molecule has 0 bridgehead atoms.